The molecular weight excluding hydrogens is 222 g/mol. The number of benzene rings is 1. The molecule has 0 bridgehead atoms. The van der Waals surface area contributed by atoms with Crippen LogP contribution in [0.3, 0.4) is 0 Å². The molecule has 0 aliphatic carbocycles. The molecular formula is C16H23NO. The van der Waals surface area contributed by atoms with Crippen LogP contribution in [0.15, 0.2) is 16.7 Å². The van der Waals surface area contributed by atoms with Crippen LogP contribution in [-0.2, 0) is 6.42 Å². The van der Waals surface area contributed by atoms with Crippen molar-refractivity contribution in [3.63, 3.8) is 0 Å². The molecule has 2 rings (SSSR count). The van der Waals surface area contributed by atoms with Crippen LogP contribution in [0.4, 0.5) is 0 Å². The standard InChI is InChI=1S/C16H23NO/c1-5-7-17-8-6-14-10-18-16-13(4)11(2)9-12(3)15(14)16/h9-10,17H,5-8H2,1-4H3. The Labute approximate surface area is 109 Å². The van der Waals surface area contributed by atoms with E-state index in [9.17, 15) is 0 Å². The summed E-state index contributed by atoms with van der Waals surface area (Å²) in [6, 6.07) is 2.26. The van der Waals surface area contributed by atoms with Crippen LogP contribution < -0.4 is 5.32 Å². The lowest BCUT2D eigenvalue weighted by molar-refractivity contribution is 0.603. The summed E-state index contributed by atoms with van der Waals surface area (Å²) in [6.07, 6.45) is 4.15. The topological polar surface area (TPSA) is 25.2 Å². The van der Waals surface area contributed by atoms with Crippen molar-refractivity contribution in [3.05, 3.63) is 34.6 Å². The van der Waals surface area contributed by atoms with E-state index >= 15 is 0 Å². The van der Waals surface area contributed by atoms with Crippen LogP contribution in [-0.4, -0.2) is 13.1 Å². The zero-order valence-electron chi connectivity index (χ0n) is 11.9. The summed E-state index contributed by atoms with van der Waals surface area (Å²) in [5.74, 6) is 0. The van der Waals surface area contributed by atoms with E-state index in [1.54, 1.807) is 0 Å². The van der Waals surface area contributed by atoms with Gasteiger partial charge in [-0.1, -0.05) is 13.0 Å². The number of aryl methyl sites for hydroxylation is 3. The van der Waals surface area contributed by atoms with Crippen LogP contribution in [0.1, 0.15) is 35.6 Å². The van der Waals surface area contributed by atoms with Gasteiger partial charge in [-0.2, -0.15) is 0 Å². The molecule has 0 amide bonds. The number of nitrogens with one attached hydrogen (secondary N) is 1. The molecule has 0 fully saturated rings. The summed E-state index contributed by atoms with van der Waals surface area (Å²) in [4.78, 5) is 0. The maximum absolute atomic E-state index is 5.77. The first-order chi connectivity index (χ1) is 8.65. The number of hydrogen-bond donors (Lipinski definition) is 1. The Bertz CT molecular complexity index is 540. The predicted molar refractivity (Wildman–Crippen MR) is 77.3 cm³/mol. The Balaban J connectivity index is 2.27. The molecule has 1 aromatic heterocycles. The van der Waals surface area contributed by atoms with Crippen LogP contribution in [0.2, 0.25) is 0 Å². The van der Waals surface area contributed by atoms with Gasteiger partial charge in [0.2, 0.25) is 0 Å². The predicted octanol–water partition coefficient (Wildman–Crippen LogP) is 3.90. The normalized spacial score (nSPS) is 11.3. The van der Waals surface area contributed by atoms with Gasteiger partial charge in [-0.05, 0) is 69.0 Å². The van der Waals surface area contributed by atoms with E-state index in [4.69, 9.17) is 4.42 Å². The second kappa shape index (κ2) is 5.57. The van der Waals surface area contributed by atoms with Gasteiger partial charge in [0.1, 0.15) is 5.58 Å². The quantitative estimate of drug-likeness (QED) is 0.808. The van der Waals surface area contributed by atoms with Crippen molar-refractivity contribution in [2.45, 2.75) is 40.5 Å². The van der Waals surface area contributed by atoms with Gasteiger partial charge in [-0.25, -0.2) is 0 Å². The van der Waals surface area contributed by atoms with Crippen LogP contribution in [0, 0.1) is 20.8 Å². The third-order valence-corrected chi connectivity index (χ3v) is 3.62. The third kappa shape index (κ3) is 2.44. The van der Waals surface area contributed by atoms with Gasteiger partial charge in [0, 0.05) is 5.39 Å². The Morgan fingerprint density at radius 1 is 1.11 bits per heavy atom. The fraction of sp³-hybridized carbons (Fsp3) is 0.500. The van der Waals surface area contributed by atoms with Crippen molar-refractivity contribution in [3.8, 4) is 0 Å². The Kier molecular flexibility index (Phi) is 4.07. The highest BCUT2D eigenvalue weighted by Gasteiger charge is 2.12. The van der Waals surface area contributed by atoms with E-state index in [0.29, 0.717) is 0 Å². The maximum atomic E-state index is 5.77. The van der Waals surface area contributed by atoms with E-state index in [1.807, 2.05) is 6.26 Å². The summed E-state index contributed by atoms with van der Waals surface area (Å²) in [7, 11) is 0. The molecule has 98 valence electrons. The van der Waals surface area contributed by atoms with Gasteiger partial charge in [0.05, 0.1) is 6.26 Å². The zero-order valence-corrected chi connectivity index (χ0v) is 11.9. The molecule has 1 aromatic carbocycles. The zero-order chi connectivity index (χ0) is 13.1. The van der Waals surface area contributed by atoms with Gasteiger partial charge in [-0.3, -0.25) is 0 Å². The Morgan fingerprint density at radius 3 is 2.61 bits per heavy atom. The highest BCUT2D eigenvalue weighted by molar-refractivity contribution is 5.88. The minimum atomic E-state index is 1.02. The second-order valence-electron chi connectivity index (χ2n) is 5.10. The molecule has 0 radical (unpaired) electrons. The summed E-state index contributed by atoms with van der Waals surface area (Å²) in [5, 5.41) is 4.76. The number of rotatable bonds is 5. The van der Waals surface area contributed by atoms with E-state index in [0.717, 1.165) is 25.1 Å². The molecule has 0 saturated heterocycles. The summed E-state index contributed by atoms with van der Waals surface area (Å²) >= 11 is 0. The summed E-state index contributed by atoms with van der Waals surface area (Å²) in [5.41, 5.74) is 6.30. The number of furan rings is 1. The van der Waals surface area contributed by atoms with E-state index in [1.165, 1.54) is 34.1 Å². The highest BCUT2D eigenvalue weighted by Crippen LogP contribution is 2.29. The Hall–Kier alpha value is -1.28. The Morgan fingerprint density at radius 2 is 1.89 bits per heavy atom. The highest BCUT2D eigenvalue weighted by atomic mass is 16.3. The molecule has 0 aliphatic heterocycles. The summed E-state index contributed by atoms with van der Waals surface area (Å²) in [6.45, 7) is 10.8. The molecule has 1 heterocycles. The lowest BCUT2D eigenvalue weighted by Gasteiger charge is -2.06. The van der Waals surface area contributed by atoms with Crippen molar-refractivity contribution in [1.82, 2.24) is 5.32 Å². The van der Waals surface area contributed by atoms with Crippen molar-refractivity contribution in [1.29, 1.82) is 0 Å². The van der Waals surface area contributed by atoms with Gasteiger partial charge in [0.25, 0.3) is 0 Å². The minimum Gasteiger partial charge on any atom is -0.464 e. The first kappa shape index (κ1) is 13.2. The summed E-state index contributed by atoms with van der Waals surface area (Å²) < 4.78 is 5.77. The molecule has 0 atom stereocenters. The second-order valence-corrected chi connectivity index (χ2v) is 5.10. The lowest BCUT2D eigenvalue weighted by atomic mass is 9.99. The molecule has 2 nitrogen and oxygen atoms in total. The smallest absolute Gasteiger partial charge is 0.137 e. The molecule has 18 heavy (non-hydrogen) atoms. The molecule has 0 saturated carbocycles. The van der Waals surface area contributed by atoms with Gasteiger partial charge < -0.3 is 9.73 Å². The van der Waals surface area contributed by atoms with Crippen molar-refractivity contribution < 1.29 is 4.42 Å². The van der Waals surface area contributed by atoms with Gasteiger partial charge >= 0.3 is 0 Å². The van der Waals surface area contributed by atoms with Crippen LogP contribution in [0.25, 0.3) is 11.0 Å². The third-order valence-electron chi connectivity index (χ3n) is 3.62. The van der Waals surface area contributed by atoms with E-state index in [-0.39, 0.29) is 0 Å². The number of fused-ring (bicyclic) bond motifs is 1. The lowest BCUT2D eigenvalue weighted by Crippen LogP contribution is -2.17. The molecule has 2 aromatic rings. The largest absolute Gasteiger partial charge is 0.464 e. The molecule has 2 heteroatoms. The minimum absolute atomic E-state index is 1.02. The molecule has 0 spiro atoms. The van der Waals surface area contributed by atoms with Crippen LogP contribution in [0.5, 0.6) is 0 Å². The fourth-order valence-electron chi connectivity index (χ4n) is 2.49. The SMILES string of the molecule is CCCNCCc1coc2c(C)c(C)cc(C)c12. The van der Waals surface area contributed by atoms with Crippen molar-refractivity contribution in [2.75, 3.05) is 13.1 Å². The van der Waals surface area contributed by atoms with Crippen molar-refractivity contribution >= 4 is 11.0 Å². The van der Waals surface area contributed by atoms with E-state index in [2.05, 4.69) is 39.1 Å². The molecule has 1 N–H and O–H groups in total. The first-order valence-corrected chi connectivity index (χ1v) is 6.82. The average Bonchev–Trinajstić information content (AvgIpc) is 2.76. The monoisotopic (exact) mass is 245 g/mol. The molecule has 0 aliphatic rings. The molecule has 0 unspecified atom stereocenters. The van der Waals surface area contributed by atoms with Gasteiger partial charge in [-0.15, -0.1) is 0 Å². The van der Waals surface area contributed by atoms with Crippen molar-refractivity contribution in [2.24, 2.45) is 0 Å². The fourth-order valence-corrected chi connectivity index (χ4v) is 2.49. The first-order valence-electron chi connectivity index (χ1n) is 6.82. The average molecular weight is 245 g/mol. The maximum Gasteiger partial charge on any atom is 0.137 e. The van der Waals surface area contributed by atoms with E-state index < -0.39 is 0 Å². The number of hydrogen-bond acceptors (Lipinski definition) is 2. The van der Waals surface area contributed by atoms with Crippen LogP contribution >= 0.6 is 0 Å². The van der Waals surface area contributed by atoms with Gasteiger partial charge in [0.15, 0.2) is 0 Å².